The summed E-state index contributed by atoms with van der Waals surface area (Å²) >= 11 is 6.46. The van der Waals surface area contributed by atoms with Gasteiger partial charge in [0.2, 0.25) is 0 Å². The van der Waals surface area contributed by atoms with Crippen LogP contribution in [-0.2, 0) is 6.54 Å². The quantitative estimate of drug-likeness (QED) is 0.472. The van der Waals surface area contributed by atoms with Crippen LogP contribution in [0.4, 0.5) is 0 Å². The molecule has 160 valence electrons. The number of nitriles is 1. The monoisotopic (exact) mass is 447 g/mol. The van der Waals surface area contributed by atoms with Crippen LogP contribution in [0.5, 0.6) is 17.2 Å². The summed E-state index contributed by atoms with van der Waals surface area (Å²) in [6.07, 6.45) is 1.42. The van der Waals surface area contributed by atoms with Crippen molar-refractivity contribution in [2.45, 2.75) is 13.5 Å². The van der Waals surface area contributed by atoms with E-state index in [1.807, 2.05) is 25.1 Å². The average molecular weight is 448 g/mol. The lowest BCUT2D eigenvalue weighted by Crippen LogP contribution is -2.30. The van der Waals surface area contributed by atoms with Gasteiger partial charge in [0.05, 0.1) is 23.2 Å². The van der Waals surface area contributed by atoms with Crippen molar-refractivity contribution in [3.63, 3.8) is 0 Å². The van der Waals surface area contributed by atoms with Crippen LogP contribution in [0, 0.1) is 18.3 Å². The van der Waals surface area contributed by atoms with E-state index < -0.39 is 11.2 Å². The van der Waals surface area contributed by atoms with Gasteiger partial charge in [-0.3, -0.25) is 14.3 Å². The molecule has 4 rings (SSSR count). The number of hydrogen-bond donors (Lipinski definition) is 1. The van der Waals surface area contributed by atoms with Crippen molar-refractivity contribution in [3.05, 3.63) is 97.8 Å². The van der Waals surface area contributed by atoms with Crippen LogP contribution in [0.3, 0.4) is 0 Å². The highest BCUT2D eigenvalue weighted by atomic mass is 35.5. The topological polar surface area (TPSA) is 97.1 Å². The van der Waals surface area contributed by atoms with Crippen molar-refractivity contribution in [1.29, 1.82) is 5.26 Å². The Balaban J connectivity index is 1.58. The minimum absolute atomic E-state index is 0.190. The normalized spacial score (nSPS) is 10.7. The third-order valence-electron chi connectivity index (χ3n) is 4.99. The number of halogens is 1. The number of H-pyrrole nitrogens is 1. The molecule has 0 aliphatic carbocycles. The molecule has 3 aromatic carbocycles. The number of nitrogens with one attached hydrogen (secondary N) is 1. The number of nitrogens with zero attached hydrogens (tertiary/aromatic N) is 2. The summed E-state index contributed by atoms with van der Waals surface area (Å²) in [5, 5.41) is 11.4. The van der Waals surface area contributed by atoms with E-state index in [2.05, 4.69) is 11.1 Å². The molecule has 8 heteroatoms. The van der Waals surface area contributed by atoms with Crippen LogP contribution in [-0.4, -0.2) is 16.2 Å². The van der Waals surface area contributed by atoms with E-state index >= 15 is 0 Å². The molecule has 0 spiro atoms. The van der Waals surface area contributed by atoms with Gasteiger partial charge < -0.3 is 9.47 Å². The first-order valence-electron chi connectivity index (χ1n) is 9.78. The van der Waals surface area contributed by atoms with Crippen molar-refractivity contribution in [2.75, 3.05) is 6.61 Å². The third kappa shape index (κ3) is 4.36. The lowest BCUT2D eigenvalue weighted by Gasteiger charge is -2.16. The molecule has 0 aliphatic heterocycles. The Morgan fingerprint density at radius 1 is 1.03 bits per heavy atom. The second-order valence-corrected chi connectivity index (χ2v) is 7.46. The van der Waals surface area contributed by atoms with Crippen LogP contribution < -0.4 is 20.7 Å². The maximum Gasteiger partial charge on any atom is 0.328 e. The molecule has 0 saturated carbocycles. The Morgan fingerprint density at radius 2 is 1.81 bits per heavy atom. The predicted octanol–water partition coefficient (Wildman–Crippen LogP) is 4.39. The molecule has 0 aliphatic rings. The van der Waals surface area contributed by atoms with Crippen molar-refractivity contribution < 1.29 is 9.47 Å². The van der Waals surface area contributed by atoms with Gasteiger partial charge in [0.15, 0.2) is 11.5 Å². The molecule has 0 saturated heterocycles. The molecule has 0 fully saturated rings. The van der Waals surface area contributed by atoms with Crippen LogP contribution in [0.1, 0.15) is 11.1 Å². The smallest absolute Gasteiger partial charge is 0.328 e. The van der Waals surface area contributed by atoms with E-state index in [-0.39, 0.29) is 13.2 Å². The van der Waals surface area contributed by atoms with E-state index in [1.165, 1.54) is 16.8 Å². The highest BCUT2D eigenvalue weighted by molar-refractivity contribution is 6.35. The summed E-state index contributed by atoms with van der Waals surface area (Å²) in [5.74, 6) is 1.52. The first kappa shape index (κ1) is 21.2. The van der Waals surface area contributed by atoms with Crippen molar-refractivity contribution in [1.82, 2.24) is 9.55 Å². The molecule has 1 heterocycles. The van der Waals surface area contributed by atoms with Crippen LogP contribution >= 0.6 is 11.6 Å². The summed E-state index contributed by atoms with van der Waals surface area (Å²) in [7, 11) is 0. The van der Waals surface area contributed by atoms with Gasteiger partial charge in [-0.05, 0) is 42.1 Å². The Labute approximate surface area is 188 Å². The number of ether oxygens (including phenoxy) is 2. The number of fused-ring (bicyclic) bond motifs is 1. The Bertz CT molecular complexity index is 1470. The SMILES string of the molecule is Cc1c(Oc2ccccc2OCCn2ccc(=O)[nH]c2=O)cc(Cl)c2ccc(C#N)cc12. The van der Waals surface area contributed by atoms with Gasteiger partial charge in [-0.15, -0.1) is 0 Å². The molecular formula is C24H18ClN3O4. The summed E-state index contributed by atoms with van der Waals surface area (Å²) in [5.41, 5.74) is 0.437. The molecule has 0 amide bonds. The fraction of sp³-hybridized carbons (Fsp3) is 0.125. The number of aryl methyl sites for hydroxylation is 1. The van der Waals surface area contributed by atoms with Gasteiger partial charge in [-0.1, -0.05) is 29.8 Å². The van der Waals surface area contributed by atoms with E-state index in [0.717, 1.165) is 16.3 Å². The zero-order chi connectivity index (χ0) is 22.7. The van der Waals surface area contributed by atoms with Gasteiger partial charge in [-0.25, -0.2) is 4.79 Å². The minimum atomic E-state index is -0.496. The number of hydrogen-bond acceptors (Lipinski definition) is 5. The lowest BCUT2D eigenvalue weighted by atomic mass is 10.0. The van der Waals surface area contributed by atoms with Gasteiger partial charge in [-0.2, -0.15) is 5.26 Å². The molecule has 32 heavy (non-hydrogen) atoms. The second-order valence-electron chi connectivity index (χ2n) is 7.05. The number of rotatable bonds is 6. The molecule has 0 unspecified atom stereocenters. The standard InChI is InChI=1S/C24H18ClN3O4/c1-15-18-12-16(14-26)6-7-17(18)19(25)13-22(15)32-21-5-3-2-4-20(21)31-11-10-28-9-8-23(29)27-24(28)30/h2-9,12-13H,10-11H2,1H3,(H,27,29,30). The Morgan fingerprint density at radius 3 is 2.56 bits per heavy atom. The van der Waals surface area contributed by atoms with E-state index in [0.29, 0.717) is 27.8 Å². The maximum atomic E-state index is 11.8. The van der Waals surface area contributed by atoms with E-state index in [4.69, 9.17) is 21.1 Å². The summed E-state index contributed by atoms with van der Waals surface area (Å²) < 4.78 is 13.3. The van der Waals surface area contributed by atoms with Gasteiger partial charge in [0.25, 0.3) is 5.56 Å². The van der Waals surface area contributed by atoms with Crippen LogP contribution in [0.15, 0.2) is 70.4 Å². The number of para-hydroxylation sites is 2. The van der Waals surface area contributed by atoms with Gasteiger partial charge in [0.1, 0.15) is 12.4 Å². The zero-order valence-corrected chi connectivity index (χ0v) is 17.8. The van der Waals surface area contributed by atoms with Crippen molar-refractivity contribution in [3.8, 4) is 23.3 Å². The van der Waals surface area contributed by atoms with Crippen molar-refractivity contribution in [2.24, 2.45) is 0 Å². The maximum absolute atomic E-state index is 11.8. The molecule has 4 aromatic rings. The number of aromatic nitrogens is 2. The lowest BCUT2D eigenvalue weighted by molar-refractivity contribution is 0.283. The summed E-state index contributed by atoms with van der Waals surface area (Å²) in [6.45, 7) is 2.35. The predicted molar refractivity (Wildman–Crippen MR) is 122 cm³/mol. The van der Waals surface area contributed by atoms with Crippen molar-refractivity contribution >= 4 is 22.4 Å². The van der Waals surface area contributed by atoms with Crippen LogP contribution in [0.2, 0.25) is 5.02 Å². The molecule has 0 atom stereocenters. The molecule has 0 radical (unpaired) electrons. The minimum Gasteiger partial charge on any atom is -0.488 e. The highest BCUT2D eigenvalue weighted by Crippen LogP contribution is 2.38. The largest absolute Gasteiger partial charge is 0.488 e. The number of aromatic amines is 1. The molecule has 0 bridgehead atoms. The Hall–Kier alpha value is -4.02. The molecular weight excluding hydrogens is 430 g/mol. The zero-order valence-electron chi connectivity index (χ0n) is 17.1. The summed E-state index contributed by atoms with van der Waals surface area (Å²) in [4.78, 5) is 25.2. The second kappa shape index (κ2) is 9.00. The number of benzene rings is 3. The van der Waals surface area contributed by atoms with Gasteiger partial charge in [0, 0.05) is 23.7 Å². The fourth-order valence-corrected chi connectivity index (χ4v) is 3.58. The van der Waals surface area contributed by atoms with E-state index in [1.54, 1.807) is 30.3 Å². The highest BCUT2D eigenvalue weighted by Gasteiger charge is 2.13. The van der Waals surface area contributed by atoms with Gasteiger partial charge >= 0.3 is 5.69 Å². The van der Waals surface area contributed by atoms with Crippen LogP contribution in [0.25, 0.3) is 10.8 Å². The molecule has 1 aromatic heterocycles. The first-order valence-corrected chi connectivity index (χ1v) is 10.2. The average Bonchev–Trinajstić information content (AvgIpc) is 2.79. The van der Waals surface area contributed by atoms with E-state index in [9.17, 15) is 14.9 Å². The molecule has 1 N–H and O–H groups in total. The third-order valence-corrected chi connectivity index (χ3v) is 5.31. The fourth-order valence-electron chi connectivity index (χ4n) is 3.32. The Kier molecular flexibility index (Phi) is 5.97. The molecule has 7 nitrogen and oxygen atoms in total. The summed E-state index contributed by atoms with van der Waals surface area (Å²) in [6, 6.07) is 17.7. The first-order chi connectivity index (χ1) is 15.5.